The molecule has 116 valence electrons. The second-order valence-corrected chi connectivity index (χ2v) is 4.09. The predicted molar refractivity (Wildman–Crippen MR) is 72.3 cm³/mol. The molecule has 0 fully saturated rings. The number of hydrogen-bond donors (Lipinski definition) is 1. The third-order valence-corrected chi connectivity index (χ3v) is 2.39. The van der Waals surface area contributed by atoms with E-state index in [9.17, 15) is 18.0 Å². The Labute approximate surface area is 120 Å². The van der Waals surface area contributed by atoms with Crippen molar-refractivity contribution < 1.29 is 27.4 Å². The summed E-state index contributed by atoms with van der Waals surface area (Å²) in [5.74, 6) is -0.172. The fourth-order valence-electron chi connectivity index (χ4n) is 1.49. The summed E-state index contributed by atoms with van der Waals surface area (Å²) in [6, 6.07) is 5.03. The second kappa shape index (κ2) is 7.56. The fraction of sp³-hybridized carbons (Fsp3) is 0.357. The van der Waals surface area contributed by atoms with Gasteiger partial charge < -0.3 is 14.8 Å². The van der Waals surface area contributed by atoms with Crippen molar-refractivity contribution in [2.45, 2.75) is 13.1 Å². The van der Waals surface area contributed by atoms with Gasteiger partial charge in [0, 0.05) is 0 Å². The van der Waals surface area contributed by atoms with E-state index in [1.807, 2.05) is 19.1 Å². The molecule has 0 atom stereocenters. The maximum absolute atomic E-state index is 11.9. The lowest BCUT2D eigenvalue weighted by molar-refractivity contribution is -0.139. The summed E-state index contributed by atoms with van der Waals surface area (Å²) in [6.07, 6.45) is -0.746. The van der Waals surface area contributed by atoms with Crippen molar-refractivity contribution in [1.82, 2.24) is 5.32 Å². The lowest BCUT2D eigenvalue weighted by atomic mass is 10.2. The number of ether oxygens (including phenoxy) is 2. The number of halogens is 3. The van der Waals surface area contributed by atoms with Crippen molar-refractivity contribution in [3.05, 3.63) is 29.8 Å². The standard InChI is InChI=1S/C14H16F3NO3/c1-3-4-10-5-6-11(12(7-10)20-2)21-8-13(19)18-9-14(15,16)17/h3-7H,8-9H2,1-2H3,(H,18,19)/b4-3+. The Hall–Kier alpha value is -2.18. The van der Waals surface area contributed by atoms with E-state index in [1.54, 1.807) is 23.5 Å². The highest BCUT2D eigenvalue weighted by Gasteiger charge is 2.27. The first kappa shape index (κ1) is 16.9. The molecule has 0 heterocycles. The van der Waals surface area contributed by atoms with Crippen molar-refractivity contribution in [2.24, 2.45) is 0 Å². The topological polar surface area (TPSA) is 47.6 Å². The largest absolute Gasteiger partial charge is 0.493 e. The number of methoxy groups -OCH3 is 1. The summed E-state index contributed by atoms with van der Waals surface area (Å²) >= 11 is 0. The van der Waals surface area contributed by atoms with Gasteiger partial charge in [0.25, 0.3) is 5.91 Å². The summed E-state index contributed by atoms with van der Waals surface area (Å²) in [4.78, 5) is 11.2. The average molecular weight is 303 g/mol. The maximum atomic E-state index is 11.9. The Bertz CT molecular complexity index is 513. The highest BCUT2D eigenvalue weighted by Crippen LogP contribution is 2.28. The molecule has 4 nitrogen and oxygen atoms in total. The van der Waals surface area contributed by atoms with Gasteiger partial charge in [-0.3, -0.25) is 4.79 Å². The van der Waals surface area contributed by atoms with Crippen molar-refractivity contribution in [1.29, 1.82) is 0 Å². The monoisotopic (exact) mass is 303 g/mol. The number of amides is 1. The number of nitrogens with one attached hydrogen (secondary N) is 1. The first-order valence-corrected chi connectivity index (χ1v) is 6.12. The van der Waals surface area contributed by atoms with Gasteiger partial charge in [-0.25, -0.2) is 0 Å². The van der Waals surface area contributed by atoms with Crippen molar-refractivity contribution in [3.63, 3.8) is 0 Å². The van der Waals surface area contributed by atoms with Crippen LogP contribution in [0.5, 0.6) is 11.5 Å². The Morgan fingerprint density at radius 2 is 2.05 bits per heavy atom. The minimum absolute atomic E-state index is 0.285. The SMILES string of the molecule is C/C=C/c1ccc(OCC(=O)NCC(F)(F)F)c(OC)c1. The van der Waals surface area contributed by atoms with Crippen LogP contribution in [0, 0.1) is 0 Å². The van der Waals surface area contributed by atoms with Crippen LogP contribution >= 0.6 is 0 Å². The molecule has 0 spiro atoms. The van der Waals surface area contributed by atoms with Gasteiger partial charge in [0.15, 0.2) is 18.1 Å². The number of benzene rings is 1. The zero-order chi connectivity index (χ0) is 15.9. The molecule has 0 aliphatic carbocycles. The Morgan fingerprint density at radius 1 is 1.33 bits per heavy atom. The highest BCUT2D eigenvalue weighted by atomic mass is 19.4. The van der Waals surface area contributed by atoms with Crippen LogP contribution in [0.2, 0.25) is 0 Å². The molecule has 0 aromatic heterocycles. The molecular formula is C14H16F3NO3. The molecule has 1 N–H and O–H groups in total. The zero-order valence-electron chi connectivity index (χ0n) is 11.7. The molecule has 1 rings (SSSR count). The Morgan fingerprint density at radius 3 is 2.62 bits per heavy atom. The van der Waals surface area contributed by atoms with Gasteiger partial charge in [0.05, 0.1) is 7.11 Å². The number of allylic oxidation sites excluding steroid dienone is 1. The molecule has 21 heavy (non-hydrogen) atoms. The first-order chi connectivity index (χ1) is 9.85. The third-order valence-electron chi connectivity index (χ3n) is 2.39. The van der Waals surface area contributed by atoms with Gasteiger partial charge in [0.1, 0.15) is 6.54 Å². The minimum atomic E-state index is -4.44. The van der Waals surface area contributed by atoms with Gasteiger partial charge in [-0.2, -0.15) is 13.2 Å². The molecule has 0 bridgehead atoms. The van der Waals surface area contributed by atoms with E-state index in [-0.39, 0.29) is 5.75 Å². The van der Waals surface area contributed by atoms with Crippen LogP contribution in [0.15, 0.2) is 24.3 Å². The van der Waals surface area contributed by atoms with E-state index in [0.29, 0.717) is 5.75 Å². The summed E-state index contributed by atoms with van der Waals surface area (Å²) in [5, 5.41) is 1.72. The van der Waals surface area contributed by atoms with Crippen LogP contribution in [0.25, 0.3) is 6.08 Å². The summed E-state index contributed by atoms with van der Waals surface area (Å²) in [5.41, 5.74) is 0.878. The maximum Gasteiger partial charge on any atom is 0.405 e. The fourth-order valence-corrected chi connectivity index (χ4v) is 1.49. The molecule has 0 aliphatic rings. The molecular weight excluding hydrogens is 287 g/mol. The molecule has 0 unspecified atom stereocenters. The van der Waals surface area contributed by atoms with E-state index in [1.165, 1.54) is 7.11 Å². The summed E-state index contributed by atoms with van der Waals surface area (Å²) in [7, 11) is 1.44. The quantitative estimate of drug-likeness (QED) is 0.879. The molecule has 0 radical (unpaired) electrons. The Kier molecular flexibility index (Phi) is 6.08. The van der Waals surface area contributed by atoms with Crippen molar-refractivity contribution >= 4 is 12.0 Å². The lowest BCUT2D eigenvalue weighted by Gasteiger charge is -2.12. The predicted octanol–water partition coefficient (Wildman–Crippen LogP) is 2.79. The van der Waals surface area contributed by atoms with Crippen LogP contribution < -0.4 is 14.8 Å². The summed E-state index contributed by atoms with van der Waals surface area (Å²) < 4.78 is 46.1. The summed E-state index contributed by atoms with van der Waals surface area (Å²) in [6.45, 7) is -0.0379. The van der Waals surface area contributed by atoms with Gasteiger partial charge in [-0.1, -0.05) is 18.2 Å². The molecule has 7 heteroatoms. The number of hydrogen-bond acceptors (Lipinski definition) is 3. The number of carbonyl (C=O) groups is 1. The minimum Gasteiger partial charge on any atom is -0.493 e. The normalized spacial score (nSPS) is 11.5. The van der Waals surface area contributed by atoms with Gasteiger partial charge in [-0.15, -0.1) is 0 Å². The second-order valence-electron chi connectivity index (χ2n) is 4.09. The molecule has 1 aromatic rings. The van der Waals surface area contributed by atoms with E-state index >= 15 is 0 Å². The molecule has 0 saturated heterocycles. The van der Waals surface area contributed by atoms with Crippen LogP contribution in [-0.2, 0) is 4.79 Å². The van der Waals surface area contributed by atoms with Gasteiger partial charge >= 0.3 is 6.18 Å². The number of alkyl halides is 3. The lowest BCUT2D eigenvalue weighted by Crippen LogP contribution is -2.36. The third kappa shape index (κ3) is 6.20. The molecule has 0 aliphatic heterocycles. The highest BCUT2D eigenvalue weighted by molar-refractivity contribution is 5.77. The van der Waals surface area contributed by atoms with Crippen molar-refractivity contribution in [2.75, 3.05) is 20.3 Å². The van der Waals surface area contributed by atoms with E-state index < -0.39 is 25.2 Å². The van der Waals surface area contributed by atoms with Gasteiger partial charge in [0.2, 0.25) is 0 Å². The average Bonchev–Trinajstić information content (AvgIpc) is 2.43. The van der Waals surface area contributed by atoms with Crippen LogP contribution in [-0.4, -0.2) is 32.3 Å². The Balaban J connectivity index is 2.60. The smallest absolute Gasteiger partial charge is 0.405 e. The van der Waals surface area contributed by atoms with Gasteiger partial charge in [-0.05, 0) is 24.6 Å². The number of rotatable bonds is 6. The number of carbonyl (C=O) groups excluding carboxylic acids is 1. The van der Waals surface area contributed by atoms with Crippen LogP contribution in [0.4, 0.5) is 13.2 Å². The van der Waals surface area contributed by atoms with Crippen LogP contribution in [0.1, 0.15) is 12.5 Å². The van der Waals surface area contributed by atoms with Crippen molar-refractivity contribution in [3.8, 4) is 11.5 Å². The first-order valence-electron chi connectivity index (χ1n) is 6.12. The molecule has 1 amide bonds. The zero-order valence-corrected chi connectivity index (χ0v) is 11.7. The molecule has 0 saturated carbocycles. The molecule has 1 aromatic carbocycles. The van der Waals surface area contributed by atoms with E-state index in [4.69, 9.17) is 9.47 Å². The van der Waals surface area contributed by atoms with E-state index in [2.05, 4.69) is 0 Å². The van der Waals surface area contributed by atoms with E-state index in [0.717, 1.165) is 5.56 Å². The van der Waals surface area contributed by atoms with Crippen LogP contribution in [0.3, 0.4) is 0 Å².